The van der Waals surface area contributed by atoms with Crippen LogP contribution in [0.1, 0.15) is 11.3 Å². The molecule has 3 heterocycles. The third-order valence-corrected chi connectivity index (χ3v) is 5.83. The van der Waals surface area contributed by atoms with Gasteiger partial charge in [0.2, 0.25) is 12.7 Å². The van der Waals surface area contributed by atoms with Gasteiger partial charge in [-0.2, -0.15) is 0 Å². The summed E-state index contributed by atoms with van der Waals surface area (Å²) in [7, 11) is 1.64. The molecule has 1 N–H and O–H groups in total. The Labute approximate surface area is 176 Å². The van der Waals surface area contributed by atoms with Crippen LogP contribution in [0.25, 0.3) is 16.2 Å². The summed E-state index contributed by atoms with van der Waals surface area (Å²) < 4.78 is 17.9. The van der Waals surface area contributed by atoms with Crippen LogP contribution in [0.4, 0.5) is 0 Å². The Morgan fingerprint density at radius 2 is 2.03 bits per heavy atom. The van der Waals surface area contributed by atoms with E-state index in [0.29, 0.717) is 12.3 Å². The second-order valence-corrected chi connectivity index (χ2v) is 7.71. The zero-order valence-electron chi connectivity index (χ0n) is 16.3. The molecule has 0 aliphatic carbocycles. The molecule has 4 aromatic rings. The summed E-state index contributed by atoms with van der Waals surface area (Å²) in [5, 5.41) is 4.94. The van der Waals surface area contributed by atoms with E-state index in [4.69, 9.17) is 14.2 Å². The van der Waals surface area contributed by atoms with Crippen LogP contribution in [-0.4, -0.2) is 29.2 Å². The van der Waals surface area contributed by atoms with Crippen LogP contribution in [0.5, 0.6) is 17.2 Å². The molecule has 2 aromatic heterocycles. The van der Waals surface area contributed by atoms with Crippen molar-refractivity contribution in [3.8, 4) is 28.5 Å². The lowest BCUT2D eigenvalue weighted by Crippen LogP contribution is -2.24. The molecule has 0 radical (unpaired) electrons. The molecule has 0 fully saturated rings. The van der Waals surface area contributed by atoms with Gasteiger partial charge in [0.05, 0.1) is 19.2 Å². The number of carbonyl (C=O) groups excluding carboxylic acids is 1. The SMILES string of the molecule is COc1ccc(-c2cn3c(CC(=O)NCc4ccc5c(c4)OCO5)csc3n2)cc1. The summed E-state index contributed by atoms with van der Waals surface area (Å²) in [4.78, 5) is 18.0. The minimum atomic E-state index is -0.0490. The van der Waals surface area contributed by atoms with Crippen LogP contribution in [0.3, 0.4) is 0 Å². The Bertz CT molecular complexity index is 1210. The summed E-state index contributed by atoms with van der Waals surface area (Å²) >= 11 is 1.52. The van der Waals surface area contributed by atoms with E-state index in [1.807, 2.05) is 58.4 Å². The van der Waals surface area contributed by atoms with Crippen molar-refractivity contribution in [1.29, 1.82) is 0 Å². The molecule has 152 valence electrons. The van der Waals surface area contributed by atoms with E-state index < -0.39 is 0 Å². The van der Waals surface area contributed by atoms with E-state index in [2.05, 4.69) is 10.3 Å². The van der Waals surface area contributed by atoms with Crippen LogP contribution in [0, 0.1) is 0 Å². The van der Waals surface area contributed by atoms with Gasteiger partial charge in [-0.3, -0.25) is 9.20 Å². The molecule has 0 bridgehead atoms. The lowest BCUT2D eigenvalue weighted by atomic mass is 10.1. The van der Waals surface area contributed by atoms with Gasteiger partial charge in [0.15, 0.2) is 16.5 Å². The number of benzene rings is 2. The fourth-order valence-corrected chi connectivity index (χ4v) is 4.21. The van der Waals surface area contributed by atoms with Gasteiger partial charge in [-0.15, -0.1) is 11.3 Å². The second-order valence-electron chi connectivity index (χ2n) is 6.88. The molecule has 1 aliphatic rings. The number of fused-ring (bicyclic) bond motifs is 2. The van der Waals surface area contributed by atoms with Crippen molar-refractivity contribution in [2.75, 3.05) is 13.9 Å². The van der Waals surface area contributed by atoms with Crippen LogP contribution >= 0.6 is 11.3 Å². The molecule has 1 amide bonds. The van der Waals surface area contributed by atoms with Gasteiger partial charge in [0.25, 0.3) is 0 Å². The van der Waals surface area contributed by atoms with Gasteiger partial charge in [-0.25, -0.2) is 4.98 Å². The molecule has 0 saturated carbocycles. The van der Waals surface area contributed by atoms with Crippen LogP contribution in [0.2, 0.25) is 0 Å². The van der Waals surface area contributed by atoms with Gasteiger partial charge < -0.3 is 19.5 Å². The predicted octanol–water partition coefficient (Wildman–Crippen LogP) is 3.66. The predicted molar refractivity (Wildman–Crippen MR) is 113 cm³/mol. The van der Waals surface area contributed by atoms with Crippen LogP contribution in [-0.2, 0) is 17.8 Å². The number of hydrogen-bond acceptors (Lipinski definition) is 6. The fraction of sp³-hybridized carbons (Fsp3) is 0.182. The maximum absolute atomic E-state index is 12.5. The van der Waals surface area contributed by atoms with E-state index in [1.54, 1.807) is 7.11 Å². The van der Waals surface area contributed by atoms with Crippen molar-refractivity contribution < 1.29 is 19.0 Å². The number of methoxy groups -OCH3 is 1. The molecule has 2 aromatic carbocycles. The Morgan fingerprint density at radius 3 is 2.87 bits per heavy atom. The lowest BCUT2D eigenvalue weighted by Gasteiger charge is -2.06. The summed E-state index contributed by atoms with van der Waals surface area (Å²) in [6, 6.07) is 13.4. The normalized spacial score (nSPS) is 12.3. The van der Waals surface area contributed by atoms with Crippen molar-refractivity contribution in [2.45, 2.75) is 13.0 Å². The molecule has 1 aliphatic heterocycles. The Hall–Kier alpha value is -3.52. The summed E-state index contributed by atoms with van der Waals surface area (Å²) in [6.07, 6.45) is 2.25. The first-order valence-electron chi connectivity index (χ1n) is 9.45. The largest absolute Gasteiger partial charge is 0.497 e. The number of nitrogens with zero attached hydrogens (tertiary/aromatic N) is 2. The highest BCUT2D eigenvalue weighted by Gasteiger charge is 2.15. The van der Waals surface area contributed by atoms with E-state index in [0.717, 1.165) is 39.0 Å². The summed E-state index contributed by atoms with van der Waals surface area (Å²) in [5.41, 5.74) is 3.74. The van der Waals surface area contributed by atoms with E-state index in [9.17, 15) is 4.79 Å². The van der Waals surface area contributed by atoms with Crippen molar-refractivity contribution in [3.05, 3.63) is 65.3 Å². The number of nitrogens with one attached hydrogen (secondary N) is 1. The molecule has 7 nitrogen and oxygen atoms in total. The Balaban J connectivity index is 1.26. The first kappa shape index (κ1) is 18.5. The average molecular weight is 421 g/mol. The lowest BCUT2D eigenvalue weighted by molar-refractivity contribution is -0.120. The zero-order chi connectivity index (χ0) is 20.5. The minimum Gasteiger partial charge on any atom is -0.497 e. The van der Waals surface area contributed by atoms with E-state index in [1.165, 1.54) is 11.3 Å². The Kier molecular flexibility index (Phi) is 4.76. The zero-order valence-corrected chi connectivity index (χ0v) is 17.1. The molecule has 8 heteroatoms. The molecule has 0 atom stereocenters. The highest BCUT2D eigenvalue weighted by atomic mass is 32.1. The van der Waals surface area contributed by atoms with E-state index >= 15 is 0 Å². The van der Waals surface area contributed by atoms with Crippen LogP contribution < -0.4 is 19.5 Å². The second kappa shape index (κ2) is 7.72. The molecule has 0 saturated heterocycles. The monoisotopic (exact) mass is 421 g/mol. The molecular formula is C22H19N3O4S. The van der Waals surface area contributed by atoms with Gasteiger partial charge in [0, 0.05) is 29.4 Å². The maximum atomic E-state index is 12.5. The van der Waals surface area contributed by atoms with Crippen molar-refractivity contribution >= 4 is 22.2 Å². The number of ether oxygens (including phenoxy) is 3. The van der Waals surface area contributed by atoms with E-state index in [-0.39, 0.29) is 19.1 Å². The number of amides is 1. The smallest absolute Gasteiger partial charge is 0.231 e. The molecule has 0 spiro atoms. The molecule has 30 heavy (non-hydrogen) atoms. The number of rotatable bonds is 6. The maximum Gasteiger partial charge on any atom is 0.231 e. The highest BCUT2D eigenvalue weighted by Crippen LogP contribution is 2.32. The standard InChI is InChI=1S/C22H19N3O4S/c1-27-17-5-3-15(4-6-17)18-11-25-16(12-30-22(25)24-18)9-21(26)23-10-14-2-7-19-20(8-14)29-13-28-19/h2-8,11-12H,9-10,13H2,1H3,(H,23,26). The fourth-order valence-electron chi connectivity index (χ4n) is 3.34. The van der Waals surface area contributed by atoms with Gasteiger partial charge in [0.1, 0.15) is 5.75 Å². The first-order valence-corrected chi connectivity index (χ1v) is 10.3. The van der Waals surface area contributed by atoms with Crippen molar-refractivity contribution in [2.24, 2.45) is 0 Å². The number of imidazole rings is 1. The quantitative estimate of drug-likeness (QED) is 0.514. The molecule has 5 rings (SSSR count). The summed E-state index contributed by atoms with van der Waals surface area (Å²) in [6.45, 7) is 0.673. The minimum absolute atomic E-state index is 0.0490. The topological polar surface area (TPSA) is 74.1 Å². The summed E-state index contributed by atoms with van der Waals surface area (Å²) in [5.74, 6) is 2.20. The first-order chi connectivity index (χ1) is 14.7. The van der Waals surface area contributed by atoms with Crippen LogP contribution in [0.15, 0.2) is 54.0 Å². The number of aromatic nitrogens is 2. The number of carbonyl (C=O) groups is 1. The molecule has 0 unspecified atom stereocenters. The number of thiazole rings is 1. The van der Waals surface area contributed by atoms with Gasteiger partial charge >= 0.3 is 0 Å². The van der Waals surface area contributed by atoms with Gasteiger partial charge in [-0.1, -0.05) is 6.07 Å². The van der Waals surface area contributed by atoms with Crippen molar-refractivity contribution in [3.63, 3.8) is 0 Å². The third-order valence-electron chi connectivity index (χ3n) is 4.94. The van der Waals surface area contributed by atoms with Crippen molar-refractivity contribution in [1.82, 2.24) is 14.7 Å². The Morgan fingerprint density at radius 1 is 1.20 bits per heavy atom. The molecular weight excluding hydrogens is 402 g/mol. The average Bonchev–Trinajstić information content (AvgIpc) is 3.49. The third kappa shape index (κ3) is 3.57. The number of hydrogen-bond donors (Lipinski definition) is 1. The van der Waals surface area contributed by atoms with Gasteiger partial charge in [-0.05, 0) is 42.0 Å². The highest BCUT2D eigenvalue weighted by molar-refractivity contribution is 7.15.